The fraction of sp³-hybridized carbons (Fsp3) is 0.353. The van der Waals surface area contributed by atoms with Crippen molar-refractivity contribution in [2.45, 2.75) is 28.0 Å². The number of carbonyl (C=O) groups excluding carboxylic acids is 1. The molecule has 1 aromatic carbocycles. The van der Waals surface area contributed by atoms with Crippen LogP contribution in [0.4, 0.5) is 0 Å². The number of nitrogens with zero attached hydrogens (tertiary/aromatic N) is 3. The zero-order valence-corrected chi connectivity index (χ0v) is 19.9. The molecule has 168 valence electrons. The SMILES string of the molecule is CCN(C(=O)c1ccc(CO[N+](=O)[O-])cc1)C1CN(SC)S(=O)(=O)c2sc(SN)cc21. The van der Waals surface area contributed by atoms with E-state index in [1.807, 2.05) is 6.92 Å². The predicted molar refractivity (Wildman–Crippen MR) is 119 cm³/mol. The van der Waals surface area contributed by atoms with Gasteiger partial charge in [0.1, 0.15) is 10.8 Å². The highest BCUT2D eigenvalue weighted by Gasteiger charge is 2.42. The van der Waals surface area contributed by atoms with E-state index in [0.717, 1.165) is 35.2 Å². The Balaban J connectivity index is 1.93. The lowest BCUT2D eigenvalue weighted by atomic mass is 10.1. The normalized spacial score (nSPS) is 17.7. The molecular formula is C17H20N4O6S4. The molecule has 3 rings (SSSR count). The number of carbonyl (C=O) groups is 1. The molecule has 2 N–H and O–H groups in total. The van der Waals surface area contributed by atoms with E-state index < -0.39 is 21.2 Å². The topological polar surface area (TPSA) is 136 Å². The van der Waals surface area contributed by atoms with Crippen molar-refractivity contribution in [3.8, 4) is 0 Å². The average molecular weight is 505 g/mol. The van der Waals surface area contributed by atoms with Crippen LogP contribution in [0.25, 0.3) is 0 Å². The van der Waals surface area contributed by atoms with Crippen LogP contribution in [0, 0.1) is 10.1 Å². The number of thiophene rings is 1. The molecule has 2 heterocycles. The van der Waals surface area contributed by atoms with Crippen molar-refractivity contribution in [1.82, 2.24) is 8.61 Å². The summed E-state index contributed by atoms with van der Waals surface area (Å²) in [6.45, 7) is 2.10. The van der Waals surface area contributed by atoms with Crippen LogP contribution in [0.15, 0.2) is 38.8 Å². The highest BCUT2D eigenvalue weighted by Crippen LogP contribution is 2.44. The van der Waals surface area contributed by atoms with Crippen LogP contribution in [-0.2, 0) is 21.5 Å². The molecule has 0 radical (unpaired) electrons. The molecule has 0 fully saturated rings. The number of likely N-dealkylation sites (N-methyl/N-ethyl adjacent to an activating group) is 1. The van der Waals surface area contributed by atoms with Crippen LogP contribution in [0.2, 0.25) is 0 Å². The summed E-state index contributed by atoms with van der Waals surface area (Å²) in [6, 6.07) is 7.58. The van der Waals surface area contributed by atoms with Gasteiger partial charge in [-0.05, 0) is 48.9 Å². The lowest BCUT2D eigenvalue weighted by molar-refractivity contribution is -0.763. The van der Waals surface area contributed by atoms with Gasteiger partial charge in [0.2, 0.25) is 0 Å². The molecule has 14 heteroatoms. The van der Waals surface area contributed by atoms with Crippen LogP contribution in [0.3, 0.4) is 0 Å². The van der Waals surface area contributed by atoms with Crippen LogP contribution >= 0.6 is 35.2 Å². The Morgan fingerprint density at radius 3 is 2.65 bits per heavy atom. The van der Waals surface area contributed by atoms with Gasteiger partial charge in [-0.2, -0.15) is 0 Å². The zero-order chi connectivity index (χ0) is 22.8. The maximum absolute atomic E-state index is 13.3. The molecule has 1 unspecified atom stereocenters. The van der Waals surface area contributed by atoms with Crippen molar-refractivity contribution in [3.63, 3.8) is 0 Å². The third-order valence-electron chi connectivity index (χ3n) is 4.72. The summed E-state index contributed by atoms with van der Waals surface area (Å²) in [6.07, 6.45) is 1.68. The molecule has 1 aliphatic heterocycles. The van der Waals surface area contributed by atoms with Gasteiger partial charge >= 0.3 is 0 Å². The molecule has 31 heavy (non-hydrogen) atoms. The van der Waals surface area contributed by atoms with Crippen molar-refractivity contribution in [3.05, 3.63) is 57.1 Å². The van der Waals surface area contributed by atoms with Crippen LogP contribution < -0.4 is 5.14 Å². The molecule has 10 nitrogen and oxygen atoms in total. The van der Waals surface area contributed by atoms with Gasteiger partial charge in [-0.3, -0.25) is 9.93 Å². The molecular weight excluding hydrogens is 484 g/mol. The summed E-state index contributed by atoms with van der Waals surface area (Å²) in [5.74, 6) is -0.270. The lowest BCUT2D eigenvalue weighted by Crippen LogP contribution is -2.44. The van der Waals surface area contributed by atoms with Gasteiger partial charge in [0.15, 0.2) is 0 Å². The predicted octanol–water partition coefficient (Wildman–Crippen LogP) is 2.91. The maximum Gasteiger partial charge on any atom is 0.294 e. The van der Waals surface area contributed by atoms with Gasteiger partial charge < -0.3 is 9.74 Å². The first-order chi connectivity index (χ1) is 14.7. The van der Waals surface area contributed by atoms with E-state index in [2.05, 4.69) is 4.84 Å². The fourth-order valence-corrected chi connectivity index (χ4v) is 8.16. The second-order valence-electron chi connectivity index (χ2n) is 6.40. The van der Waals surface area contributed by atoms with Crippen molar-refractivity contribution >= 4 is 51.2 Å². The summed E-state index contributed by atoms with van der Waals surface area (Å²) in [5, 5.41) is 15.1. The van der Waals surface area contributed by atoms with Gasteiger partial charge in [-0.25, -0.2) is 8.42 Å². The van der Waals surface area contributed by atoms with Crippen LogP contribution in [0.5, 0.6) is 0 Å². The van der Waals surface area contributed by atoms with E-state index in [0.29, 0.717) is 27.4 Å². The van der Waals surface area contributed by atoms with Gasteiger partial charge in [-0.15, -0.1) is 25.2 Å². The third-order valence-corrected chi connectivity index (χ3v) is 10.2. The van der Waals surface area contributed by atoms with E-state index in [1.54, 1.807) is 41.5 Å². The smallest absolute Gasteiger partial charge is 0.294 e. The molecule has 2 aromatic rings. The summed E-state index contributed by atoms with van der Waals surface area (Å²) in [5.41, 5.74) is 1.51. The Kier molecular flexibility index (Phi) is 7.49. The van der Waals surface area contributed by atoms with Gasteiger partial charge in [-0.1, -0.05) is 24.1 Å². The minimum atomic E-state index is -3.67. The number of rotatable bonds is 8. The summed E-state index contributed by atoms with van der Waals surface area (Å²) in [7, 11) is -3.67. The third kappa shape index (κ3) is 4.83. The Labute approximate surface area is 192 Å². The van der Waals surface area contributed by atoms with Crippen molar-refractivity contribution in [2.24, 2.45) is 5.14 Å². The molecule has 1 aliphatic rings. The number of sulfonamides is 1. The number of amides is 1. The Morgan fingerprint density at radius 1 is 1.42 bits per heavy atom. The summed E-state index contributed by atoms with van der Waals surface area (Å²) < 4.78 is 28.0. The van der Waals surface area contributed by atoms with E-state index in [4.69, 9.17) is 5.14 Å². The summed E-state index contributed by atoms with van der Waals surface area (Å²) in [4.78, 5) is 29.6. The van der Waals surface area contributed by atoms with Crippen LogP contribution in [0.1, 0.15) is 34.5 Å². The average Bonchev–Trinajstić information content (AvgIpc) is 3.20. The standard InChI is InChI=1S/C17H20N4O6S4/c1-3-19(16(22)12-6-4-11(5-7-12)10-27-21(23)24)14-9-20(28-2)31(25,26)17-13(14)8-15(29-17)30-18/h4-8,14H,3,9-10,18H2,1-2H3. The molecule has 0 aliphatic carbocycles. The van der Waals surface area contributed by atoms with Crippen LogP contribution in [-0.4, -0.2) is 47.4 Å². The van der Waals surface area contributed by atoms with Gasteiger partial charge in [0.25, 0.3) is 21.0 Å². The molecule has 0 saturated heterocycles. The second kappa shape index (κ2) is 9.75. The highest BCUT2D eigenvalue weighted by atomic mass is 32.3. The number of benzene rings is 1. The first-order valence-electron chi connectivity index (χ1n) is 8.97. The Morgan fingerprint density at radius 2 is 2.10 bits per heavy atom. The van der Waals surface area contributed by atoms with Crippen molar-refractivity contribution in [1.29, 1.82) is 0 Å². The number of nitrogens with two attached hydrogens (primary N) is 1. The van der Waals surface area contributed by atoms with E-state index in [1.165, 1.54) is 3.71 Å². The highest BCUT2D eigenvalue weighted by molar-refractivity contribution is 8.09. The van der Waals surface area contributed by atoms with Gasteiger partial charge in [0.05, 0.1) is 16.8 Å². The lowest BCUT2D eigenvalue weighted by Gasteiger charge is -2.37. The zero-order valence-electron chi connectivity index (χ0n) is 16.6. The summed E-state index contributed by atoms with van der Waals surface area (Å²) >= 11 is 3.16. The Hall–Kier alpha value is -1.84. The molecule has 0 bridgehead atoms. The molecule has 0 saturated carbocycles. The van der Waals surface area contributed by atoms with Crippen molar-refractivity contribution < 1.29 is 23.1 Å². The number of hydrogen-bond donors (Lipinski definition) is 1. The van der Waals surface area contributed by atoms with Crippen molar-refractivity contribution in [2.75, 3.05) is 19.3 Å². The molecule has 0 spiro atoms. The largest absolute Gasteiger partial charge is 0.330 e. The molecule has 1 aromatic heterocycles. The maximum atomic E-state index is 13.3. The first-order valence-corrected chi connectivity index (χ1v) is 13.3. The second-order valence-corrected chi connectivity index (χ2v) is 11.5. The number of fused-ring (bicyclic) bond motifs is 1. The van der Waals surface area contributed by atoms with E-state index in [9.17, 15) is 23.3 Å². The molecule has 1 amide bonds. The minimum Gasteiger partial charge on any atom is -0.330 e. The van der Waals surface area contributed by atoms with Gasteiger partial charge in [0, 0.05) is 17.7 Å². The van der Waals surface area contributed by atoms with E-state index >= 15 is 0 Å². The first kappa shape index (κ1) is 23.8. The minimum absolute atomic E-state index is 0.121. The van der Waals surface area contributed by atoms with E-state index in [-0.39, 0.29) is 23.3 Å². The monoisotopic (exact) mass is 504 g/mol. The quantitative estimate of drug-likeness (QED) is 0.327. The Bertz CT molecular complexity index is 1070. The fourth-order valence-electron chi connectivity index (χ4n) is 3.27. The number of hydrogen-bond acceptors (Lipinski definition) is 10. The molecule has 1 atom stereocenters.